The molecule has 170 valence electrons. The maximum absolute atomic E-state index is 13.2. The number of halogens is 2. The van der Waals surface area contributed by atoms with Crippen LogP contribution in [0.1, 0.15) is 28.8 Å². The fourth-order valence-corrected chi connectivity index (χ4v) is 6.33. The predicted octanol–water partition coefficient (Wildman–Crippen LogP) is 6.75. The lowest BCUT2D eigenvalue weighted by Crippen LogP contribution is -2.11. The van der Waals surface area contributed by atoms with Gasteiger partial charge in [-0.05, 0) is 48.9 Å². The molecule has 2 aromatic carbocycles. The Morgan fingerprint density at radius 1 is 1.06 bits per heavy atom. The first-order chi connectivity index (χ1) is 16.6. The molecule has 0 unspecified atom stereocenters. The quantitative estimate of drug-likeness (QED) is 0.293. The molecule has 0 bridgehead atoms. The van der Waals surface area contributed by atoms with Gasteiger partial charge in [0.05, 0.1) is 17.5 Å². The van der Waals surface area contributed by atoms with E-state index in [2.05, 4.69) is 4.98 Å². The molecule has 1 aliphatic carbocycles. The number of benzene rings is 2. The predicted molar refractivity (Wildman–Crippen MR) is 139 cm³/mol. The summed E-state index contributed by atoms with van der Waals surface area (Å²) in [5.74, 6) is 0.531. The molecule has 34 heavy (non-hydrogen) atoms. The number of aromatic amines is 1. The minimum atomic E-state index is -0.0769. The van der Waals surface area contributed by atoms with Crippen LogP contribution in [0.2, 0.25) is 10.0 Å². The second-order valence-electron chi connectivity index (χ2n) is 8.50. The van der Waals surface area contributed by atoms with Crippen molar-refractivity contribution in [1.29, 1.82) is 0 Å². The van der Waals surface area contributed by atoms with Crippen molar-refractivity contribution < 1.29 is 0 Å². The minimum Gasteiger partial charge on any atom is -0.306 e. The van der Waals surface area contributed by atoms with Gasteiger partial charge in [0.15, 0.2) is 0 Å². The Kier molecular flexibility index (Phi) is 5.52. The average Bonchev–Trinajstić information content (AvgIpc) is 3.43. The van der Waals surface area contributed by atoms with Crippen molar-refractivity contribution in [2.45, 2.75) is 32.2 Å². The molecule has 0 amide bonds. The van der Waals surface area contributed by atoms with Gasteiger partial charge in [-0.2, -0.15) is 5.10 Å². The Labute approximate surface area is 210 Å². The van der Waals surface area contributed by atoms with E-state index in [1.54, 1.807) is 17.4 Å². The molecule has 0 radical (unpaired) electrons. The van der Waals surface area contributed by atoms with Crippen LogP contribution < -0.4 is 5.56 Å². The van der Waals surface area contributed by atoms with E-state index in [4.69, 9.17) is 33.3 Å². The van der Waals surface area contributed by atoms with Gasteiger partial charge in [-0.15, -0.1) is 11.3 Å². The van der Waals surface area contributed by atoms with E-state index in [0.29, 0.717) is 22.4 Å². The van der Waals surface area contributed by atoms with Gasteiger partial charge in [-0.25, -0.2) is 4.98 Å². The van der Waals surface area contributed by atoms with E-state index in [-0.39, 0.29) is 5.56 Å². The number of aryl methyl sites for hydroxylation is 2. The van der Waals surface area contributed by atoms with Crippen molar-refractivity contribution in [2.75, 3.05) is 0 Å². The smallest absolute Gasteiger partial charge is 0.260 e. The number of aromatic nitrogens is 4. The van der Waals surface area contributed by atoms with Crippen LogP contribution in [0.5, 0.6) is 0 Å². The molecule has 0 saturated carbocycles. The van der Waals surface area contributed by atoms with E-state index >= 15 is 0 Å². The molecule has 0 spiro atoms. The summed E-state index contributed by atoms with van der Waals surface area (Å²) in [6.45, 7) is 0.468. The number of rotatable bonds is 4. The molecule has 3 aromatic heterocycles. The van der Waals surface area contributed by atoms with Gasteiger partial charge < -0.3 is 4.98 Å². The van der Waals surface area contributed by atoms with Gasteiger partial charge in [0.2, 0.25) is 0 Å². The molecule has 1 N–H and O–H groups in total. The highest BCUT2D eigenvalue weighted by atomic mass is 35.5. The van der Waals surface area contributed by atoms with Crippen LogP contribution in [-0.4, -0.2) is 19.7 Å². The first kappa shape index (κ1) is 21.6. The Hall–Kier alpha value is -2.93. The number of H-pyrrole nitrogens is 1. The largest absolute Gasteiger partial charge is 0.306 e. The summed E-state index contributed by atoms with van der Waals surface area (Å²) in [6.07, 6.45) is 6.19. The molecule has 0 aliphatic heterocycles. The zero-order valence-corrected chi connectivity index (χ0v) is 20.5. The molecular weight excluding hydrogens is 487 g/mol. The van der Waals surface area contributed by atoms with Gasteiger partial charge in [-0.3, -0.25) is 9.48 Å². The van der Waals surface area contributed by atoms with Crippen molar-refractivity contribution in [3.05, 3.63) is 91.1 Å². The summed E-state index contributed by atoms with van der Waals surface area (Å²) in [4.78, 5) is 23.3. The van der Waals surface area contributed by atoms with Gasteiger partial charge in [-0.1, -0.05) is 59.6 Å². The maximum Gasteiger partial charge on any atom is 0.260 e. The van der Waals surface area contributed by atoms with E-state index in [0.717, 1.165) is 51.9 Å². The number of nitrogens with one attached hydrogen (secondary N) is 1. The summed E-state index contributed by atoms with van der Waals surface area (Å²) in [5, 5.41) is 6.79. The minimum absolute atomic E-state index is 0.0769. The zero-order valence-electron chi connectivity index (χ0n) is 18.1. The third kappa shape index (κ3) is 3.86. The molecule has 8 heteroatoms. The fourth-order valence-electron chi connectivity index (χ4n) is 4.60. The number of fused-ring (bicyclic) bond motifs is 3. The number of hydrogen-bond donors (Lipinski definition) is 1. The SMILES string of the molecule is O=c1[nH]c(-c2cn(Cc3ccc(Cl)cc3Cl)nc2-c2ccccc2)nc2sc3c(c12)CCCC3. The zero-order chi connectivity index (χ0) is 23.2. The highest BCUT2D eigenvalue weighted by Crippen LogP contribution is 2.36. The van der Waals surface area contributed by atoms with E-state index in [1.807, 2.05) is 53.3 Å². The Bertz CT molecular complexity index is 1590. The van der Waals surface area contributed by atoms with Crippen molar-refractivity contribution >= 4 is 44.8 Å². The van der Waals surface area contributed by atoms with Crippen molar-refractivity contribution in [3.63, 3.8) is 0 Å². The molecule has 5 aromatic rings. The molecule has 1 aliphatic rings. The Morgan fingerprint density at radius 3 is 2.71 bits per heavy atom. The first-order valence-electron chi connectivity index (χ1n) is 11.2. The summed E-state index contributed by atoms with van der Waals surface area (Å²) < 4.78 is 1.83. The second-order valence-corrected chi connectivity index (χ2v) is 10.4. The van der Waals surface area contributed by atoms with Crippen LogP contribution in [0.25, 0.3) is 32.9 Å². The van der Waals surface area contributed by atoms with Gasteiger partial charge in [0.1, 0.15) is 16.3 Å². The Morgan fingerprint density at radius 2 is 1.88 bits per heavy atom. The third-order valence-corrected chi connectivity index (χ3v) is 8.01. The summed E-state index contributed by atoms with van der Waals surface area (Å²) in [7, 11) is 0. The van der Waals surface area contributed by atoms with Crippen molar-refractivity contribution in [3.8, 4) is 22.6 Å². The van der Waals surface area contributed by atoms with Crippen LogP contribution >= 0.6 is 34.5 Å². The molecule has 6 rings (SSSR count). The fraction of sp³-hybridized carbons (Fsp3) is 0.192. The maximum atomic E-state index is 13.2. The number of nitrogens with zero attached hydrogens (tertiary/aromatic N) is 3. The van der Waals surface area contributed by atoms with Crippen LogP contribution in [0.15, 0.2) is 59.5 Å². The average molecular weight is 507 g/mol. The van der Waals surface area contributed by atoms with Crippen LogP contribution in [0, 0.1) is 0 Å². The highest BCUT2D eigenvalue weighted by molar-refractivity contribution is 7.18. The molecule has 5 nitrogen and oxygen atoms in total. The van der Waals surface area contributed by atoms with Crippen molar-refractivity contribution in [1.82, 2.24) is 19.7 Å². The number of thiophene rings is 1. The van der Waals surface area contributed by atoms with Gasteiger partial charge in [0, 0.05) is 26.7 Å². The lowest BCUT2D eigenvalue weighted by Gasteiger charge is -2.09. The van der Waals surface area contributed by atoms with Crippen molar-refractivity contribution in [2.24, 2.45) is 0 Å². The topological polar surface area (TPSA) is 63.6 Å². The van der Waals surface area contributed by atoms with E-state index < -0.39 is 0 Å². The lowest BCUT2D eigenvalue weighted by atomic mass is 9.97. The van der Waals surface area contributed by atoms with Crippen LogP contribution in [0.4, 0.5) is 0 Å². The lowest BCUT2D eigenvalue weighted by molar-refractivity contribution is 0.689. The standard InChI is InChI=1S/C26H20Cl2N4OS/c27-17-11-10-16(20(28)12-17)13-32-14-19(23(31-32)15-6-2-1-3-7-15)24-29-25(33)22-18-8-4-5-9-21(18)34-26(22)30-24/h1-3,6-7,10-12,14H,4-5,8-9,13H2,(H,29,30,33). The first-order valence-corrected chi connectivity index (χ1v) is 12.8. The third-order valence-electron chi connectivity index (χ3n) is 6.24. The number of hydrogen-bond acceptors (Lipinski definition) is 4. The molecule has 0 fully saturated rings. The summed E-state index contributed by atoms with van der Waals surface area (Å²) >= 11 is 14.1. The molecular formula is C26H20Cl2N4OS. The van der Waals surface area contributed by atoms with Crippen LogP contribution in [-0.2, 0) is 19.4 Å². The summed E-state index contributed by atoms with van der Waals surface area (Å²) in [5.41, 5.74) is 4.50. The highest BCUT2D eigenvalue weighted by Gasteiger charge is 2.22. The van der Waals surface area contributed by atoms with Gasteiger partial charge in [0.25, 0.3) is 5.56 Å². The normalized spacial score (nSPS) is 13.4. The van der Waals surface area contributed by atoms with Crippen LogP contribution in [0.3, 0.4) is 0 Å². The summed E-state index contributed by atoms with van der Waals surface area (Å²) in [6, 6.07) is 15.4. The van der Waals surface area contributed by atoms with E-state index in [1.165, 1.54) is 16.9 Å². The monoisotopic (exact) mass is 506 g/mol. The molecule has 3 heterocycles. The molecule has 0 saturated heterocycles. The van der Waals surface area contributed by atoms with E-state index in [9.17, 15) is 4.79 Å². The van der Waals surface area contributed by atoms with Gasteiger partial charge >= 0.3 is 0 Å². The second kappa shape index (κ2) is 8.69. The Balaban J connectivity index is 1.50. The molecule has 0 atom stereocenters.